The van der Waals surface area contributed by atoms with E-state index >= 15 is 0 Å². The second kappa shape index (κ2) is 7.84. The van der Waals surface area contributed by atoms with Crippen molar-refractivity contribution < 1.29 is 9.18 Å². The maximum atomic E-state index is 13.1. The Hall–Kier alpha value is -2.80. The van der Waals surface area contributed by atoms with E-state index in [1.165, 1.54) is 22.5 Å². The van der Waals surface area contributed by atoms with Crippen LogP contribution in [-0.2, 0) is 4.79 Å². The van der Waals surface area contributed by atoms with E-state index in [9.17, 15) is 9.18 Å². The average Bonchev–Trinajstić information content (AvgIpc) is 3.13. The van der Waals surface area contributed by atoms with Gasteiger partial charge in [-0.1, -0.05) is 49.7 Å². The quantitative estimate of drug-likeness (QED) is 0.701. The van der Waals surface area contributed by atoms with E-state index in [1.807, 2.05) is 24.3 Å². The molecule has 1 amide bonds. The van der Waals surface area contributed by atoms with Crippen LogP contribution in [0.25, 0.3) is 11.4 Å². The molecule has 2 aromatic carbocycles. The maximum Gasteiger partial charge on any atom is 0.250 e. The molecule has 6 nitrogen and oxygen atoms in total. The first-order valence-corrected chi connectivity index (χ1v) is 8.88. The van der Waals surface area contributed by atoms with E-state index in [-0.39, 0.29) is 10.9 Å². The Morgan fingerprint density at radius 1 is 1.15 bits per heavy atom. The molecule has 0 radical (unpaired) electrons. The van der Waals surface area contributed by atoms with Crippen molar-refractivity contribution in [2.75, 3.05) is 5.32 Å². The summed E-state index contributed by atoms with van der Waals surface area (Å²) in [6, 6.07) is 10.9. The second-order valence-electron chi connectivity index (χ2n) is 6.50. The number of halogens is 2. The van der Waals surface area contributed by atoms with Crippen molar-refractivity contribution in [3.63, 3.8) is 0 Å². The molecule has 0 saturated heterocycles. The van der Waals surface area contributed by atoms with Crippen LogP contribution in [-0.4, -0.2) is 26.1 Å². The van der Waals surface area contributed by atoms with Crippen LogP contribution >= 0.6 is 11.6 Å². The summed E-state index contributed by atoms with van der Waals surface area (Å²) in [6.45, 7) is 5.88. The predicted octanol–water partition coefficient (Wildman–Crippen LogP) is 4.46. The number of rotatable bonds is 5. The largest absolute Gasteiger partial charge is 0.323 e. The maximum absolute atomic E-state index is 13.1. The van der Waals surface area contributed by atoms with Gasteiger partial charge in [-0.3, -0.25) is 4.79 Å². The Morgan fingerprint density at radius 2 is 1.85 bits per heavy atom. The molecule has 1 N–H and O–H groups in total. The van der Waals surface area contributed by atoms with Gasteiger partial charge >= 0.3 is 0 Å². The van der Waals surface area contributed by atoms with E-state index in [0.29, 0.717) is 17.4 Å². The SMILES string of the molecule is CC(C)c1ccc(-c2nnn([C@H](C)C(=O)Nc3ccc(F)cc3Cl)n2)cc1. The predicted molar refractivity (Wildman–Crippen MR) is 102 cm³/mol. The third-order valence-electron chi connectivity index (χ3n) is 4.18. The number of nitrogens with one attached hydrogen (secondary N) is 1. The zero-order valence-corrected chi connectivity index (χ0v) is 15.9. The molecule has 0 unspecified atom stereocenters. The lowest BCUT2D eigenvalue weighted by molar-refractivity contribution is -0.119. The molecule has 0 spiro atoms. The number of hydrogen-bond acceptors (Lipinski definition) is 4. The number of aromatic nitrogens is 4. The molecule has 27 heavy (non-hydrogen) atoms. The molecule has 0 aliphatic rings. The minimum Gasteiger partial charge on any atom is -0.323 e. The van der Waals surface area contributed by atoms with E-state index in [4.69, 9.17) is 11.6 Å². The van der Waals surface area contributed by atoms with Crippen molar-refractivity contribution in [3.8, 4) is 11.4 Å². The number of amides is 1. The molecule has 0 bridgehead atoms. The lowest BCUT2D eigenvalue weighted by atomic mass is 10.0. The summed E-state index contributed by atoms with van der Waals surface area (Å²) >= 11 is 5.94. The Bertz CT molecular complexity index is 955. The summed E-state index contributed by atoms with van der Waals surface area (Å²) in [4.78, 5) is 13.7. The Kier molecular flexibility index (Phi) is 5.51. The smallest absolute Gasteiger partial charge is 0.250 e. The fraction of sp³-hybridized carbons (Fsp3) is 0.263. The first-order valence-electron chi connectivity index (χ1n) is 8.51. The Balaban J connectivity index is 1.74. The molecule has 0 saturated carbocycles. The highest BCUT2D eigenvalue weighted by atomic mass is 35.5. The highest BCUT2D eigenvalue weighted by Crippen LogP contribution is 2.24. The van der Waals surface area contributed by atoms with Gasteiger partial charge in [0.15, 0.2) is 0 Å². The molecule has 0 aliphatic heterocycles. The average molecular weight is 388 g/mol. The number of hydrogen-bond donors (Lipinski definition) is 1. The van der Waals surface area contributed by atoms with Crippen LogP contribution < -0.4 is 5.32 Å². The zero-order valence-electron chi connectivity index (χ0n) is 15.1. The fourth-order valence-corrected chi connectivity index (χ4v) is 2.67. The number of carbonyl (C=O) groups excluding carboxylic acids is 1. The molecule has 1 atom stereocenters. The zero-order chi connectivity index (χ0) is 19.6. The van der Waals surface area contributed by atoms with Gasteiger partial charge in [-0.15, -0.1) is 10.2 Å². The van der Waals surface area contributed by atoms with Gasteiger partial charge in [-0.2, -0.15) is 4.80 Å². The summed E-state index contributed by atoms with van der Waals surface area (Å²) in [5.41, 5.74) is 2.36. The van der Waals surface area contributed by atoms with E-state index in [1.54, 1.807) is 6.92 Å². The summed E-state index contributed by atoms with van der Waals surface area (Å²) < 4.78 is 13.1. The van der Waals surface area contributed by atoms with Crippen molar-refractivity contribution in [2.45, 2.75) is 32.7 Å². The minimum absolute atomic E-state index is 0.119. The number of carbonyl (C=O) groups is 1. The van der Waals surface area contributed by atoms with Crippen LogP contribution in [0.4, 0.5) is 10.1 Å². The Labute approximate surface area is 161 Å². The number of tetrazole rings is 1. The highest BCUT2D eigenvalue weighted by molar-refractivity contribution is 6.33. The van der Waals surface area contributed by atoms with Gasteiger partial charge in [-0.25, -0.2) is 4.39 Å². The Morgan fingerprint density at radius 3 is 2.48 bits per heavy atom. The van der Waals surface area contributed by atoms with Crippen LogP contribution in [0.5, 0.6) is 0 Å². The van der Waals surface area contributed by atoms with Crippen molar-refractivity contribution in [1.82, 2.24) is 20.2 Å². The van der Waals surface area contributed by atoms with Crippen LogP contribution in [0, 0.1) is 5.82 Å². The van der Waals surface area contributed by atoms with Crippen LogP contribution in [0.1, 0.15) is 38.3 Å². The van der Waals surface area contributed by atoms with Gasteiger partial charge in [0.2, 0.25) is 5.82 Å². The third-order valence-corrected chi connectivity index (χ3v) is 4.49. The van der Waals surface area contributed by atoms with Crippen molar-refractivity contribution >= 4 is 23.2 Å². The van der Waals surface area contributed by atoms with Crippen LogP contribution in [0.15, 0.2) is 42.5 Å². The first kappa shape index (κ1) is 19.0. The lowest BCUT2D eigenvalue weighted by Gasteiger charge is -2.11. The minimum atomic E-state index is -0.720. The highest BCUT2D eigenvalue weighted by Gasteiger charge is 2.20. The summed E-state index contributed by atoms with van der Waals surface area (Å²) in [5.74, 6) is 0.00852. The number of anilines is 1. The third kappa shape index (κ3) is 4.31. The molecule has 0 aliphatic carbocycles. The molecule has 1 aromatic heterocycles. The summed E-state index contributed by atoms with van der Waals surface area (Å²) in [6.07, 6.45) is 0. The first-order chi connectivity index (χ1) is 12.8. The lowest BCUT2D eigenvalue weighted by Crippen LogP contribution is -2.25. The fourth-order valence-electron chi connectivity index (χ4n) is 2.45. The molecular formula is C19H19ClFN5O. The van der Waals surface area contributed by atoms with Gasteiger partial charge in [0.25, 0.3) is 5.91 Å². The topological polar surface area (TPSA) is 72.7 Å². The van der Waals surface area contributed by atoms with E-state index in [2.05, 4.69) is 34.6 Å². The molecule has 1 heterocycles. The molecule has 3 rings (SSSR count). The van der Waals surface area contributed by atoms with Crippen molar-refractivity contribution in [2.24, 2.45) is 0 Å². The monoisotopic (exact) mass is 387 g/mol. The van der Waals surface area contributed by atoms with Crippen LogP contribution in [0.2, 0.25) is 5.02 Å². The molecule has 0 fully saturated rings. The van der Waals surface area contributed by atoms with Gasteiger partial charge in [0.1, 0.15) is 11.9 Å². The summed E-state index contributed by atoms with van der Waals surface area (Å²) in [7, 11) is 0. The molecule has 8 heteroatoms. The normalized spacial score (nSPS) is 12.2. The van der Waals surface area contributed by atoms with Crippen molar-refractivity contribution in [1.29, 1.82) is 0 Å². The standard InChI is InChI=1S/C19H19ClFN5O/c1-11(2)13-4-6-14(7-5-13)18-23-25-26(24-18)12(3)19(27)22-17-9-8-15(21)10-16(17)20/h4-12H,1-3H3,(H,22,27)/t12-/m1/s1. The number of benzene rings is 2. The number of nitrogens with zero attached hydrogens (tertiary/aromatic N) is 4. The second-order valence-corrected chi connectivity index (χ2v) is 6.91. The molecular weight excluding hydrogens is 369 g/mol. The van der Waals surface area contributed by atoms with Crippen molar-refractivity contribution in [3.05, 3.63) is 58.9 Å². The van der Waals surface area contributed by atoms with Crippen LogP contribution in [0.3, 0.4) is 0 Å². The molecule has 3 aromatic rings. The van der Waals surface area contributed by atoms with E-state index in [0.717, 1.165) is 11.6 Å². The van der Waals surface area contributed by atoms with Gasteiger partial charge in [0.05, 0.1) is 10.7 Å². The van der Waals surface area contributed by atoms with E-state index < -0.39 is 11.9 Å². The van der Waals surface area contributed by atoms with Gasteiger partial charge < -0.3 is 5.32 Å². The van der Waals surface area contributed by atoms with Gasteiger partial charge in [-0.05, 0) is 41.8 Å². The molecule has 140 valence electrons. The summed E-state index contributed by atoms with van der Waals surface area (Å²) in [5, 5.41) is 15.0. The van der Waals surface area contributed by atoms with Gasteiger partial charge in [0, 0.05) is 5.56 Å².